The third-order valence-electron chi connectivity index (χ3n) is 4.11. The molecule has 4 heteroatoms. The highest BCUT2D eigenvalue weighted by Crippen LogP contribution is 2.19. The standard InChI is InChI=1S/C17H20N2O.ClH/c1-18-16-7-4-10-19(12-16)17(20)15-9-8-13-5-2-3-6-14(13)11-15;/h2-3,5-6,8-9,11,16,18H,4,7,10,12H2,1H3;1H. The number of halogens is 1. The maximum Gasteiger partial charge on any atom is 0.253 e. The Kier molecular flexibility index (Phi) is 5.21. The van der Waals surface area contributed by atoms with Crippen molar-refractivity contribution in [2.45, 2.75) is 18.9 Å². The van der Waals surface area contributed by atoms with Crippen LogP contribution in [0.3, 0.4) is 0 Å². The molecule has 21 heavy (non-hydrogen) atoms. The average Bonchev–Trinajstić information content (AvgIpc) is 2.53. The van der Waals surface area contributed by atoms with Gasteiger partial charge in [-0.3, -0.25) is 4.79 Å². The molecule has 1 atom stereocenters. The van der Waals surface area contributed by atoms with E-state index in [0.717, 1.165) is 36.9 Å². The fraction of sp³-hybridized carbons (Fsp3) is 0.353. The predicted molar refractivity (Wildman–Crippen MR) is 89.2 cm³/mol. The fourth-order valence-corrected chi connectivity index (χ4v) is 2.90. The lowest BCUT2D eigenvalue weighted by Crippen LogP contribution is -2.46. The van der Waals surface area contributed by atoms with E-state index >= 15 is 0 Å². The number of rotatable bonds is 2. The Labute approximate surface area is 131 Å². The van der Waals surface area contributed by atoms with Gasteiger partial charge in [-0.1, -0.05) is 30.3 Å². The molecule has 0 aliphatic carbocycles. The van der Waals surface area contributed by atoms with Crippen LogP contribution in [-0.4, -0.2) is 37.0 Å². The summed E-state index contributed by atoms with van der Waals surface area (Å²) in [6.45, 7) is 1.67. The Morgan fingerprint density at radius 1 is 1.19 bits per heavy atom. The molecule has 1 fully saturated rings. The lowest BCUT2D eigenvalue weighted by atomic mass is 10.0. The van der Waals surface area contributed by atoms with Crippen molar-refractivity contribution in [1.29, 1.82) is 0 Å². The van der Waals surface area contributed by atoms with Gasteiger partial charge in [-0.05, 0) is 42.8 Å². The normalized spacial score (nSPS) is 18.3. The summed E-state index contributed by atoms with van der Waals surface area (Å²) in [6.07, 6.45) is 2.23. The smallest absolute Gasteiger partial charge is 0.253 e. The Bertz CT molecular complexity index is 629. The Balaban J connectivity index is 0.00000161. The highest BCUT2D eigenvalue weighted by atomic mass is 35.5. The molecule has 1 saturated heterocycles. The van der Waals surface area contributed by atoms with Crippen molar-refractivity contribution in [3.63, 3.8) is 0 Å². The lowest BCUT2D eigenvalue weighted by Gasteiger charge is -2.32. The summed E-state index contributed by atoms with van der Waals surface area (Å²) < 4.78 is 0. The molecule has 1 unspecified atom stereocenters. The molecule has 112 valence electrons. The van der Waals surface area contributed by atoms with Crippen molar-refractivity contribution in [1.82, 2.24) is 10.2 Å². The minimum Gasteiger partial charge on any atom is -0.337 e. The van der Waals surface area contributed by atoms with Crippen molar-refractivity contribution in [2.75, 3.05) is 20.1 Å². The van der Waals surface area contributed by atoms with E-state index in [1.54, 1.807) is 0 Å². The maximum absolute atomic E-state index is 12.6. The van der Waals surface area contributed by atoms with Crippen LogP contribution in [0.5, 0.6) is 0 Å². The Hall–Kier alpha value is -1.58. The summed E-state index contributed by atoms with van der Waals surface area (Å²) in [5, 5.41) is 5.58. The molecule has 0 saturated carbocycles. The van der Waals surface area contributed by atoms with Gasteiger partial charge in [0.2, 0.25) is 0 Å². The third-order valence-corrected chi connectivity index (χ3v) is 4.11. The summed E-state index contributed by atoms with van der Waals surface area (Å²) in [5.74, 6) is 0.149. The molecule has 0 spiro atoms. The molecular formula is C17H21ClN2O. The van der Waals surface area contributed by atoms with Gasteiger partial charge in [-0.25, -0.2) is 0 Å². The second-order valence-corrected chi connectivity index (χ2v) is 5.44. The second kappa shape index (κ2) is 6.92. The first kappa shape index (κ1) is 15.8. The van der Waals surface area contributed by atoms with Crippen molar-refractivity contribution < 1.29 is 4.79 Å². The van der Waals surface area contributed by atoms with Crippen LogP contribution in [0.4, 0.5) is 0 Å². The van der Waals surface area contributed by atoms with Gasteiger partial charge in [0.15, 0.2) is 0 Å². The number of piperidine rings is 1. The molecule has 0 radical (unpaired) electrons. The minimum absolute atomic E-state index is 0. The maximum atomic E-state index is 12.6. The van der Waals surface area contributed by atoms with Crippen LogP contribution in [0.25, 0.3) is 10.8 Å². The number of nitrogens with one attached hydrogen (secondary N) is 1. The number of carbonyl (C=O) groups excluding carboxylic acids is 1. The highest BCUT2D eigenvalue weighted by Gasteiger charge is 2.23. The summed E-state index contributed by atoms with van der Waals surface area (Å²) in [5.41, 5.74) is 0.792. The van der Waals surface area contributed by atoms with E-state index in [1.807, 2.05) is 42.3 Å². The predicted octanol–water partition coefficient (Wildman–Crippen LogP) is 3.09. The Morgan fingerprint density at radius 2 is 1.95 bits per heavy atom. The molecule has 2 aromatic rings. The van der Waals surface area contributed by atoms with E-state index < -0.39 is 0 Å². The number of benzene rings is 2. The number of hydrogen-bond donors (Lipinski definition) is 1. The van der Waals surface area contributed by atoms with E-state index in [0.29, 0.717) is 6.04 Å². The van der Waals surface area contributed by atoms with Gasteiger partial charge in [0, 0.05) is 24.7 Å². The van der Waals surface area contributed by atoms with Crippen LogP contribution in [0.1, 0.15) is 23.2 Å². The molecule has 3 nitrogen and oxygen atoms in total. The van der Waals surface area contributed by atoms with E-state index in [1.165, 1.54) is 5.39 Å². The molecule has 1 aliphatic rings. The van der Waals surface area contributed by atoms with E-state index in [2.05, 4.69) is 17.4 Å². The molecule has 1 amide bonds. The number of nitrogens with zero attached hydrogens (tertiary/aromatic N) is 1. The molecule has 0 aromatic heterocycles. The van der Waals surface area contributed by atoms with E-state index in [9.17, 15) is 4.79 Å². The first-order chi connectivity index (χ1) is 9.78. The quantitative estimate of drug-likeness (QED) is 0.925. The fourth-order valence-electron chi connectivity index (χ4n) is 2.90. The van der Waals surface area contributed by atoms with E-state index in [4.69, 9.17) is 0 Å². The van der Waals surface area contributed by atoms with Gasteiger partial charge in [-0.2, -0.15) is 0 Å². The van der Waals surface area contributed by atoms with Gasteiger partial charge in [0.1, 0.15) is 0 Å². The zero-order valence-electron chi connectivity index (χ0n) is 12.2. The average molecular weight is 305 g/mol. The molecule has 0 bridgehead atoms. The summed E-state index contributed by atoms with van der Waals surface area (Å²) in [7, 11) is 1.97. The molecule has 3 rings (SSSR count). The van der Waals surface area contributed by atoms with Gasteiger partial charge in [-0.15, -0.1) is 12.4 Å². The largest absolute Gasteiger partial charge is 0.337 e. The minimum atomic E-state index is 0. The number of likely N-dealkylation sites (N-methyl/N-ethyl adjacent to an activating group) is 1. The summed E-state index contributed by atoms with van der Waals surface area (Å²) >= 11 is 0. The van der Waals surface area contributed by atoms with Gasteiger partial charge in [0.05, 0.1) is 0 Å². The van der Waals surface area contributed by atoms with Crippen molar-refractivity contribution in [2.24, 2.45) is 0 Å². The highest BCUT2D eigenvalue weighted by molar-refractivity contribution is 5.98. The number of hydrogen-bond acceptors (Lipinski definition) is 2. The summed E-state index contributed by atoms with van der Waals surface area (Å²) in [6, 6.07) is 14.5. The van der Waals surface area contributed by atoms with Crippen LogP contribution in [-0.2, 0) is 0 Å². The van der Waals surface area contributed by atoms with Crippen LogP contribution in [0.2, 0.25) is 0 Å². The van der Waals surface area contributed by atoms with Crippen LogP contribution >= 0.6 is 12.4 Å². The molecular weight excluding hydrogens is 284 g/mol. The van der Waals surface area contributed by atoms with Crippen LogP contribution in [0.15, 0.2) is 42.5 Å². The van der Waals surface area contributed by atoms with Gasteiger partial charge < -0.3 is 10.2 Å². The Morgan fingerprint density at radius 3 is 2.71 bits per heavy atom. The van der Waals surface area contributed by atoms with Crippen molar-refractivity contribution in [3.8, 4) is 0 Å². The number of amides is 1. The second-order valence-electron chi connectivity index (χ2n) is 5.44. The molecule has 2 aromatic carbocycles. The first-order valence-corrected chi connectivity index (χ1v) is 7.23. The topological polar surface area (TPSA) is 32.3 Å². The van der Waals surface area contributed by atoms with E-state index in [-0.39, 0.29) is 18.3 Å². The lowest BCUT2D eigenvalue weighted by molar-refractivity contribution is 0.0698. The molecule has 1 N–H and O–H groups in total. The van der Waals surface area contributed by atoms with Crippen molar-refractivity contribution >= 4 is 29.1 Å². The molecule has 1 heterocycles. The zero-order chi connectivity index (χ0) is 13.9. The van der Waals surface area contributed by atoms with Crippen LogP contribution < -0.4 is 5.32 Å². The third kappa shape index (κ3) is 3.36. The van der Waals surface area contributed by atoms with Crippen LogP contribution in [0, 0.1) is 0 Å². The summed E-state index contributed by atoms with van der Waals surface area (Å²) in [4.78, 5) is 14.6. The zero-order valence-corrected chi connectivity index (χ0v) is 13.0. The van der Waals surface area contributed by atoms with Gasteiger partial charge in [0.25, 0.3) is 5.91 Å². The van der Waals surface area contributed by atoms with Gasteiger partial charge >= 0.3 is 0 Å². The van der Waals surface area contributed by atoms with Crippen molar-refractivity contribution in [3.05, 3.63) is 48.0 Å². The SMILES string of the molecule is CNC1CCCN(C(=O)c2ccc3ccccc3c2)C1.Cl. The number of fused-ring (bicyclic) bond motifs is 1. The monoisotopic (exact) mass is 304 g/mol. The molecule has 1 aliphatic heterocycles. The first-order valence-electron chi connectivity index (χ1n) is 7.23. The number of likely N-dealkylation sites (tertiary alicyclic amines) is 1. The number of carbonyl (C=O) groups is 1.